The predicted octanol–water partition coefficient (Wildman–Crippen LogP) is 1.85. The third kappa shape index (κ3) is 2.77. The highest BCUT2D eigenvalue weighted by atomic mass is 16.5. The van der Waals surface area contributed by atoms with Crippen molar-refractivity contribution in [1.29, 1.82) is 0 Å². The molecule has 0 radical (unpaired) electrons. The number of fused-ring (bicyclic) bond motifs is 4. The van der Waals surface area contributed by atoms with Gasteiger partial charge < -0.3 is 24.6 Å². The van der Waals surface area contributed by atoms with E-state index in [1.54, 1.807) is 12.0 Å². The van der Waals surface area contributed by atoms with E-state index >= 15 is 0 Å². The topological polar surface area (TPSA) is 85.9 Å². The molecule has 7 nitrogen and oxygen atoms in total. The van der Waals surface area contributed by atoms with E-state index in [-0.39, 0.29) is 31.5 Å². The van der Waals surface area contributed by atoms with Crippen molar-refractivity contribution in [3.8, 4) is 5.75 Å². The van der Waals surface area contributed by atoms with Crippen LogP contribution in [0.25, 0.3) is 10.9 Å². The molecule has 0 unspecified atom stereocenters. The van der Waals surface area contributed by atoms with E-state index in [4.69, 9.17) is 4.74 Å². The number of H-pyrrole nitrogens is 1. The van der Waals surface area contributed by atoms with Gasteiger partial charge in [0.05, 0.1) is 26.3 Å². The van der Waals surface area contributed by atoms with Crippen LogP contribution in [-0.4, -0.2) is 64.6 Å². The number of aliphatic hydroxyl groups is 1. The van der Waals surface area contributed by atoms with Gasteiger partial charge in [-0.05, 0) is 29.3 Å². The molecule has 0 spiro atoms. The Morgan fingerprint density at radius 3 is 2.80 bits per heavy atom. The van der Waals surface area contributed by atoms with Crippen LogP contribution in [0.1, 0.15) is 22.9 Å². The summed E-state index contributed by atoms with van der Waals surface area (Å²) in [6.45, 7) is -0.0191. The average molecular weight is 405 g/mol. The van der Waals surface area contributed by atoms with Crippen LogP contribution in [0.2, 0.25) is 0 Å². The summed E-state index contributed by atoms with van der Waals surface area (Å²) in [7, 11) is 1.61. The molecule has 2 aromatic carbocycles. The number of rotatable bonds is 4. The molecule has 2 atom stereocenters. The highest BCUT2D eigenvalue weighted by molar-refractivity contribution is 5.97. The Balaban J connectivity index is 1.71. The molecule has 154 valence electrons. The number of para-hydroxylation sites is 1. The first-order valence-corrected chi connectivity index (χ1v) is 10.1. The molecule has 3 heterocycles. The van der Waals surface area contributed by atoms with Crippen LogP contribution in [0.3, 0.4) is 0 Å². The lowest BCUT2D eigenvalue weighted by atomic mass is 9.86. The number of nitrogens with one attached hydrogen (secondary N) is 1. The maximum Gasteiger partial charge on any atom is 0.246 e. The van der Waals surface area contributed by atoms with Crippen molar-refractivity contribution in [2.75, 3.05) is 26.8 Å². The zero-order valence-corrected chi connectivity index (χ0v) is 16.7. The zero-order chi connectivity index (χ0) is 20.8. The summed E-state index contributed by atoms with van der Waals surface area (Å²) < 4.78 is 5.41. The van der Waals surface area contributed by atoms with Crippen molar-refractivity contribution in [3.63, 3.8) is 0 Å². The molecule has 2 aliphatic rings. The molecule has 3 aromatic rings. The van der Waals surface area contributed by atoms with Gasteiger partial charge in [-0.2, -0.15) is 0 Å². The summed E-state index contributed by atoms with van der Waals surface area (Å²) in [5, 5.41) is 10.4. The number of piperazine rings is 1. The fraction of sp³-hybridized carbons (Fsp3) is 0.304. The fourth-order valence-corrected chi connectivity index (χ4v) is 4.79. The summed E-state index contributed by atoms with van der Waals surface area (Å²) in [4.78, 5) is 33.2. The SMILES string of the molecule is COc1cccc([C@@H]2c3[nH]c4ccccc4c3C[C@H]3C(=O)N(CCO)CC(=O)N23)c1. The lowest BCUT2D eigenvalue weighted by Crippen LogP contribution is -2.63. The number of aromatic amines is 1. The number of ether oxygens (including phenoxy) is 1. The molecule has 2 amide bonds. The van der Waals surface area contributed by atoms with Crippen molar-refractivity contribution < 1.29 is 19.4 Å². The molecule has 1 saturated heterocycles. The first kappa shape index (κ1) is 18.7. The van der Waals surface area contributed by atoms with Crippen molar-refractivity contribution in [3.05, 3.63) is 65.4 Å². The molecule has 0 saturated carbocycles. The minimum Gasteiger partial charge on any atom is -0.497 e. The fourth-order valence-electron chi connectivity index (χ4n) is 4.79. The smallest absolute Gasteiger partial charge is 0.246 e. The third-order valence-corrected chi connectivity index (χ3v) is 6.12. The van der Waals surface area contributed by atoms with Gasteiger partial charge in [-0.3, -0.25) is 9.59 Å². The number of carbonyl (C=O) groups excluding carboxylic acids is 2. The van der Waals surface area contributed by atoms with Crippen LogP contribution in [0.5, 0.6) is 5.75 Å². The van der Waals surface area contributed by atoms with Gasteiger partial charge in [0.15, 0.2) is 0 Å². The normalized spacial score (nSPS) is 21.0. The van der Waals surface area contributed by atoms with Crippen LogP contribution in [0, 0.1) is 0 Å². The summed E-state index contributed by atoms with van der Waals surface area (Å²) in [5.41, 5.74) is 3.88. The van der Waals surface area contributed by atoms with E-state index in [0.29, 0.717) is 12.2 Å². The monoisotopic (exact) mass is 405 g/mol. The highest BCUT2D eigenvalue weighted by Crippen LogP contribution is 2.43. The second-order valence-corrected chi connectivity index (χ2v) is 7.75. The van der Waals surface area contributed by atoms with Crippen molar-refractivity contribution in [2.24, 2.45) is 0 Å². The van der Waals surface area contributed by atoms with Gasteiger partial charge in [0.25, 0.3) is 0 Å². The number of aromatic nitrogens is 1. The highest BCUT2D eigenvalue weighted by Gasteiger charge is 2.48. The Kier molecular flexibility index (Phi) is 4.47. The molecule has 2 N–H and O–H groups in total. The maximum atomic E-state index is 13.2. The maximum absolute atomic E-state index is 13.2. The number of benzene rings is 2. The van der Waals surface area contributed by atoms with Crippen molar-refractivity contribution >= 4 is 22.7 Å². The van der Waals surface area contributed by atoms with Crippen LogP contribution in [0.15, 0.2) is 48.5 Å². The first-order chi connectivity index (χ1) is 14.6. The quantitative estimate of drug-likeness (QED) is 0.694. The largest absolute Gasteiger partial charge is 0.497 e. The van der Waals surface area contributed by atoms with E-state index in [9.17, 15) is 14.7 Å². The van der Waals surface area contributed by atoms with Gasteiger partial charge in [-0.15, -0.1) is 0 Å². The van der Waals surface area contributed by atoms with Gasteiger partial charge in [-0.25, -0.2) is 0 Å². The molecule has 1 aromatic heterocycles. The standard InChI is InChI=1S/C23H23N3O4/c1-30-15-6-4-5-14(11-15)22-21-17(16-7-2-3-8-18(16)24-21)12-19-23(29)25(9-10-27)13-20(28)26(19)22/h2-8,11,19,22,24,27H,9-10,12-13H2,1H3/t19-,22+/m0/s1. The minimum atomic E-state index is -0.597. The number of β-amino-alcohol motifs (C(OH)–C–C–N with tert-alkyl or cyclic N) is 1. The summed E-state index contributed by atoms with van der Waals surface area (Å²) >= 11 is 0. The molecule has 7 heteroatoms. The number of amides is 2. The van der Waals surface area contributed by atoms with E-state index < -0.39 is 12.1 Å². The molecule has 2 aliphatic heterocycles. The number of carbonyl (C=O) groups is 2. The van der Waals surface area contributed by atoms with Gasteiger partial charge >= 0.3 is 0 Å². The molecule has 0 aliphatic carbocycles. The van der Waals surface area contributed by atoms with Crippen LogP contribution in [-0.2, 0) is 16.0 Å². The Bertz CT molecular complexity index is 1140. The first-order valence-electron chi connectivity index (χ1n) is 10.1. The minimum absolute atomic E-state index is 0.0219. The lowest BCUT2D eigenvalue weighted by molar-refractivity contribution is -0.159. The molecular weight excluding hydrogens is 382 g/mol. The van der Waals surface area contributed by atoms with Crippen LogP contribution >= 0.6 is 0 Å². The van der Waals surface area contributed by atoms with Gasteiger partial charge in [0.2, 0.25) is 11.8 Å². The van der Waals surface area contributed by atoms with Gasteiger partial charge in [-0.1, -0.05) is 30.3 Å². The van der Waals surface area contributed by atoms with Crippen LogP contribution in [0.4, 0.5) is 0 Å². The number of hydrogen-bond donors (Lipinski definition) is 2. The molecule has 5 rings (SSSR count). The third-order valence-electron chi connectivity index (χ3n) is 6.12. The number of aliphatic hydroxyl groups excluding tert-OH is 1. The second-order valence-electron chi connectivity index (χ2n) is 7.75. The molecule has 0 bridgehead atoms. The Hall–Kier alpha value is -3.32. The zero-order valence-electron chi connectivity index (χ0n) is 16.7. The molecule has 1 fully saturated rings. The van der Waals surface area contributed by atoms with Gasteiger partial charge in [0, 0.05) is 29.6 Å². The summed E-state index contributed by atoms with van der Waals surface area (Å²) in [5.74, 6) is 0.461. The van der Waals surface area contributed by atoms with E-state index in [0.717, 1.165) is 27.7 Å². The average Bonchev–Trinajstić information content (AvgIpc) is 3.14. The Morgan fingerprint density at radius 1 is 1.17 bits per heavy atom. The summed E-state index contributed by atoms with van der Waals surface area (Å²) in [6, 6.07) is 14.6. The molecule has 30 heavy (non-hydrogen) atoms. The van der Waals surface area contributed by atoms with E-state index in [2.05, 4.69) is 4.98 Å². The molecular formula is C23H23N3O4. The van der Waals surface area contributed by atoms with Crippen LogP contribution < -0.4 is 4.74 Å². The van der Waals surface area contributed by atoms with Gasteiger partial charge in [0.1, 0.15) is 11.8 Å². The lowest BCUT2D eigenvalue weighted by Gasteiger charge is -2.47. The Labute approximate surface area is 173 Å². The number of hydrogen-bond acceptors (Lipinski definition) is 4. The number of nitrogens with zero attached hydrogens (tertiary/aromatic N) is 2. The van der Waals surface area contributed by atoms with E-state index in [1.165, 1.54) is 4.90 Å². The second kappa shape index (κ2) is 7.18. The van der Waals surface area contributed by atoms with E-state index in [1.807, 2.05) is 48.5 Å². The predicted molar refractivity (Wildman–Crippen MR) is 111 cm³/mol. The Morgan fingerprint density at radius 2 is 2.00 bits per heavy atom. The summed E-state index contributed by atoms with van der Waals surface area (Å²) in [6.07, 6.45) is 0.451. The number of methoxy groups -OCH3 is 1. The van der Waals surface area contributed by atoms with Crippen molar-refractivity contribution in [1.82, 2.24) is 14.8 Å². The van der Waals surface area contributed by atoms with Crippen molar-refractivity contribution in [2.45, 2.75) is 18.5 Å².